The summed E-state index contributed by atoms with van der Waals surface area (Å²) in [5.41, 5.74) is 5.50. The molecule has 3 rings (SSSR count). The first-order valence-electron chi connectivity index (χ1n) is 8.53. The zero-order valence-electron chi connectivity index (χ0n) is 14.5. The van der Waals surface area contributed by atoms with E-state index in [0.29, 0.717) is 18.5 Å². The number of nitrogens with one attached hydrogen (secondary N) is 1. The minimum atomic E-state index is 0.170. The van der Waals surface area contributed by atoms with Crippen LogP contribution in [0.5, 0.6) is 0 Å². The summed E-state index contributed by atoms with van der Waals surface area (Å²) >= 11 is 0. The Morgan fingerprint density at radius 1 is 1.26 bits per heavy atom. The van der Waals surface area contributed by atoms with Gasteiger partial charge in [0.25, 0.3) is 0 Å². The molecule has 1 aliphatic rings. The lowest BCUT2D eigenvalue weighted by atomic mass is 10.0. The standard InChI is InChI=1S/C20H26N2O/c1-13(2)17-7-5-6-8-19(17)21-12-20(23)18-11-14(3)22(15(18)4)16-9-10-16/h5-8,11,13,16,21H,9-10,12H2,1-4H3. The number of carbonyl (C=O) groups excluding carboxylic acids is 1. The molecule has 3 nitrogen and oxygen atoms in total. The topological polar surface area (TPSA) is 34.0 Å². The number of hydrogen-bond donors (Lipinski definition) is 1. The molecule has 1 saturated carbocycles. The van der Waals surface area contributed by atoms with Crippen molar-refractivity contribution in [2.75, 3.05) is 11.9 Å². The second-order valence-corrected chi connectivity index (χ2v) is 6.90. The largest absolute Gasteiger partial charge is 0.377 e. The fourth-order valence-electron chi connectivity index (χ4n) is 3.39. The van der Waals surface area contributed by atoms with Crippen LogP contribution in [0.25, 0.3) is 0 Å². The first kappa shape index (κ1) is 15.9. The average Bonchev–Trinajstić information content (AvgIpc) is 3.30. The lowest BCUT2D eigenvalue weighted by molar-refractivity contribution is 0.101. The van der Waals surface area contributed by atoms with E-state index in [4.69, 9.17) is 0 Å². The number of para-hydroxylation sites is 1. The van der Waals surface area contributed by atoms with E-state index in [9.17, 15) is 4.79 Å². The molecule has 0 aliphatic heterocycles. The van der Waals surface area contributed by atoms with Gasteiger partial charge in [0.1, 0.15) is 0 Å². The van der Waals surface area contributed by atoms with Gasteiger partial charge in [-0.2, -0.15) is 0 Å². The molecule has 0 atom stereocenters. The number of carbonyl (C=O) groups is 1. The third-order valence-corrected chi connectivity index (χ3v) is 4.72. The maximum Gasteiger partial charge on any atom is 0.183 e. The Morgan fingerprint density at radius 3 is 2.61 bits per heavy atom. The van der Waals surface area contributed by atoms with Crippen molar-refractivity contribution in [2.24, 2.45) is 0 Å². The molecule has 0 amide bonds. The van der Waals surface area contributed by atoms with Crippen molar-refractivity contribution in [1.82, 2.24) is 4.57 Å². The highest BCUT2D eigenvalue weighted by Gasteiger charge is 2.28. The predicted octanol–water partition coefficient (Wildman–Crippen LogP) is 4.86. The number of anilines is 1. The fraction of sp³-hybridized carbons (Fsp3) is 0.450. The third kappa shape index (κ3) is 3.19. The van der Waals surface area contributed by atoms with Crippen LogP contribution in [0, 0.1) is 13.8 Å². The van der Waals surface area contributed by atoms with Crippen LogP contribution in [-0.4, -0.2) is 16.9 Å². The molecule has 122 valence electrons. The first-order chi connectivity index (χ1) is 11.0. The van der Waals surface area contributed by atoms with Gasteiger partial charge in [0.05, 0.1) is 6.54 Å². The van der Waals surface area contributed by atoms with E-state index in [1.807, 2.05) is 18.2 Å². The van der Waals surface area contributed by atoms with Gasteiger partial charge in [-0.1, -0.05) is 32.0 Å². The van der Waals surface area contributed by atoms with Crippen molar-refractivity contribution in [2.45, 2.75) is 52.5 Å². The molecular formula is C20H26N2O. The van der Waals surface area contributed by atoms with Gasteiger partial charge < -0.3 is 9.88 Å². The molecule has 1 aromatic carbocycles. The highest BCUT2D eigenvalue weighted by atomic mass is 16.1. The van der Waals surface area contributed by atoms with Gasteiger partial charge in [0.15, 0.2) is 5.78 Å². The Hall–Kier alpha value is -2.03. The summed E-state index contributed by atoms with van der Waals surface area (Å²) in [6.07, 6.45) is 2.48. The maximum absolute atomic E-state index is 12.7. The number of aromatic nitrogens is 1. The van der Waals surface area contributed by atoms with E-state index in [2.05, 4.69) is 49.7 Å². The highest BCUT2D eigenvalue weighted by Crippen LogP contribution is 2.38. The highest BCUT2D eigenvalue weighted by molar-refractivity contribution is 6.00. The van der Waals surface area contributed by atoms with Crippen LogP contribution in [0.1, 0.15) is 66.0 Å². The van der Waals surface area contributed by atoms with Crippen molar-refractivity contribution in [3.05, 3.63) is 52.8 Å². The molecule has 0 unspecified atom stereocenters. The number of hydrogen-bond acceptors (Lipinski definition) is 2. The van der Waals surface area contributed by atoms with Crippen LogP contribution in [-0.2, 0) is 0 Å². The van der Waals surface area contributed by atoms with E-state index in [-0.39, 0.29) is 5.78 Å². The zero-order chi connectivity index (χ0) is 16.6. The number of Topliss-reactive ketones (excluding diaryl/α,β-unsaturated/α-hetero) is 1. The van der Waals surface area contributed by atoms with Crippen molar-refractivity contribution in [3.8, 4) is 0 Å². The predicted molar refractivity (Wildman–Crippen MR) is 95.5 cm³/mol. The van der Waals surface area contributed by atoms with E-state index >= 15 is 0 Å². The zero-order valence-corrected chi connectivity index (χ0v) is 14.5. The summed E-state index contributed by atoms with van der Waals surface area (Å²) in [5, 5.41) is 3.33. The Balaban J connectivity index is 1.75. The SMILES string of the molecule is Cc1cc(C(=O)CNc2ccccc2C(C)C)c(C)n1C1CC1. The third-order valence-electron chi connectivity index (χ3n) is 4.72. The molecule has 0 bridgehead atoms. The van der Waals surface area contributed by atoms with Crippen molar-refractivity contribution in [1.29, 1.82) is 0 Å². The smallest absolute Gasteiger partial charge is 0.183 e. The second-order valence-electron chi connectivity index (χ2n) is 6.90. The van der Waals surface area contributed by atoms with Crippen LogP contribution in [0.15, 0.2) is 30.3 Å². The number of aryl methyl sites for hydroxylation is 1. The molecule has 0 radical (unpaired) electrons. The maximum atomic E-state index is 12.7. The minimum absolute atomic E-state index is 0.170. The summed E-state index contributed by atoms with van der Waals surface area (Å²) < 4.78 is 2.33. The second kappa shape index (κ2) is 6.23. The summed E-state index contributed by atoms with van der Waals surface area (Å²) in [4.78, 5) is 12.7. The Labute approximate surface area is 138 Å². The molecule has 23 heavy (non-hydrogen) atoms. The lowest BCUT2D eigenvalue weighted by Crippen LogP contribution is -2.16. The fourth-order valence-corrected chi connectivity index (χ4v) is 3.39. The number of ketones is 1. The molecule has 0 spiro atoms. The molecule has 1 aromatic heterocycles. The summed E-state index contributed by atoms with van der Waals surface area (Å²) in [6.45, 7) is 8.86. The van der Waals surface area contributed by atoms with E-state index in [0.717, 1.165) is 16.9 Å². The van der Waals surface area contributed by atoms with Crippen molar-refractivity contribution >= 4 is 11.5 Å². The van der Waals surface area contributed by atoms with Crippen molar-refractivity contribution < 1.29 is 4.79 Å². The van der Waals surface area contributed by atoms with Crippen LogP contribution in [0.2, 0.25) is 0 Å². The van der Waals surface area contributed by atoms with Crippen LogP contribution < -0.4 is 5.32 Å². The molecule has 1 aliphatic carbocycles. The Bertz CT molecular complexity index is 723. The summed E-state index contributed by atoms with van der Waals surface area (Å²) in [6, 6.07) is 10.9. The normalized spacial score (nSPS) is 14.3. The summed E-state index contributed by atoms with van der Waals surface area (Å²) in [7, 11) is 0. The molecular weight excluding hydrogens is 284 g/mol. The van der Waals surface area contributed by atoms with Gasteiger partial charge in [-0.25, -0.2) is 0 Å². The molecule has 1 heterocycles. The van der Waals surface area contributed by atoms with Crippen LogP contribution >= 0.6 is 0 Å². The van der Waals surface area contributed by atoms with Crippen LogP contribution in [0.3, 0.4) is 0 Å². The quantitative estimate of drug-likeness (QED) is 0.773. The molecule has 1 N–H and O–H groups in total. The molecule has 1 fully saturated rings. The minimum Gasteiger partial charge on any atom is -0.377 e. The van der Waals surface area contributed by atoms with Gasteiger partial charge in [-0.15, -0.1) is 0 Å². The van der Waals surface area contributed by atoms with E-state index in [1.165, 1.54) is 24.1 Å². The van der Waals surface area contributed by atoms with Gasteiger partial charge in [0, 0.05) is 28.7 Å². The van der Waals surface area contributed by atoms with E-state index < -0.39 is 0 Å². The van der Waals surface area contributed by atoms with E-state index in [1.54, 1.807) is 0 Å². The summed E-state index contributed by atoms with van der Waals surface area (Å²) in [5.74, 6) is 0.609. The number of benzene rings is 1. The molecule has 3 heteroatoms. The monoisotopic (exact) mass is 310 g/mol. The lowest BCUT2D eigenvalue weighted by Gasteiger charge is -2.14. The van der Waals surface area contributed by atoms with Gasteiger partial charge in [-0.05, 0) is 50.3 Å². The van der Waals surface area contributed by atoms with Gasteiger partial charge in [0.2, 0.25) is 0 Å². The average molecular weight is 310 g/mol. The molecule has 0 saturated heterocycles. The van der Waals surface area contributed by atoms with Crippen molar-refractivity contribution in [3.63, 3.8) is 0 Å². The Morgan fingerprint density at radius 2 is 1.96 bits per heavy atom. The van der Waals surface area contributed by atoms with Gasteiger partial charge >= 0.3 is 0 Å². The first-order valence-corrected chi connectivity index (χ1v) is 8.53. The Kier molecular flexibility index (Phi) is 4.29. The molecule has 2 aromatic rings. The number of nitrogens with zero attached hydrogens (tertiary/aromatic N) is 1. The van der Waals surface area contributed by atoms with Crippen LogP contribution in [0.4, 0.5) is 5.69 Å². The number of rotatable bonds is 6. The van der Waals surface area contributed by atoms with Gasteiger partial charge in [-0.3, -0.25) is 4.79 Å².